The molecule has 0 amide bonds. The van der Waals surface area contributed by atoms with E-state index in [2.05, 4.69) is 10.4 Å². The van der Waals surface area contributed by atoms with Crippen LogP contribution in [0.2, 0.25) is 0 Å². The molecule has 1 aromatic carbocycles. The van der Waals surface area contributed by atoms with E-state index in [-0.39, 0.29) is 12.1 Å². The highest BCUT2D eigenvalue weighted by atomic mass is 19.1. The molecule has 0 aliphatic rings. The smallest absolute Gasteiger partial charge is 0.134 e. The molecule has 1 aromatic heterocycles. The van der Waals surface area contributed by atoms with Crippen molar-refractivity contribution in [2.75, 3.05) is 12.4 Å². The van der Waals surface area contributed by atoms with Gasteiger partial charge in [0.15, 0.2) is 0 Å². The molecule has 0 saturated heterocycles. The fourth-order valence-electron chi connectivity index (χ4n) is 1.46. The van der Waals surface area contributed by atoms with Gasteiger partial charge in [-0.3, -0.25) is 4.68 Å². The zero-order valence-electron chi connectivity index (χ0n) is 9.04. The lowest BCUT2D eigenvalue weighted by atomic mass is 10.2. The molecule has 1 N–H and O–H groups in total. The van der Waals surface area contributed by atoms with Crippen molar-refractivity contribution in [2.24, 2.45) is 0 Å². The fraction of sp³-hybridized carbons (Fsp3) is 0.182. The third-order valence-electron chi connectivity index (χ3n) is 2.35. The highest BCUT2D eigenvalue weighted by molar-refractivity contribution is 5.37. The van der Waals surface area contributed by atoms with Crippen LogP contribution in [0, 0.1) is 17.5 Å². The van der Waals surface area contributed by atoms with Crippen molar-refractivity contribution >= 4 is 5.69 Å². The molecule has 3 nitrogen and oxygen atoms in total. The highest BCUT2D eigenvalue weighted by Gasteiger charge is 2.12. The summed E-state index contributed by atoms with van der Waals surface area (Å²) in [6.07, 6.45) is 3.13. The summed E-state index contributed by atoms with van der Waals surface area (Å²) in [4.78, 5) is 0. The Balaban J connectivity index is 2.29. The van der Waals surface area contributed by atoms with Gasteiger partial charge < -0.3 is 5.32 Å². The summed E-state index contributed by atoms with van der Waals surface area (Å²) in [5.41, 5.74) is 0.519. The number of nitrogens with zero attached hydrogens (tertiary/aromatic N) is 2. The van der Waals surface area contributed by atoms with Gasteiger partial charge in [-0.15, -0.1) is 0 Å². The molecule has 6 heteroatoms. The quantitative estimate of drug-likeness (QED) is 0.894. The van der Waals surface area contributed by atoms with Gasteiger partial charge in [0.25, 0.3) is 0 Å². The van der Waals surface area contributed by atoms with Crippen LogP contribution in [0.15, 0.2) is 24.5 Å². The normalized spacial score (nSPS) is 10.6. The molecule has 0 saturated carbocycles. The van der Waals surface area contributed by atoms with Gasteiger partial charge in [-0.05, 0) is 0 Å². The Hall–Kier alpha value is -1.98. The van der Waals surface area contributed by atoms with Gasteiger partial charge in [0.2, 0.25) is 0 Å². The van der Waals surface area contributed by atoms with Crippen molar-refractivity contribution < 1.29 is 13.2 Å². The first-order chi connectivity index (χ1) is 8.10. The third-order valence-corrected chi connectivity index (χ3v) is 2.35. The third kappa shape index (κ3) is 2.41. The average Bonchev–Trinajstić information content (AvgIpc) is 2.71. The van der Waals surface area contributed by atoms with Crippen LogP contribution < -0.4 is 5.32 Å². The maximum atomic E-state index is 13.3. The number of anilines is 1. The predicted molar refractivity (Wildman–Crippen MR) is 57.2 cm³/mol. The van der Waals surface area contributed by atoms with E-state index in [0.717, 1.165) is 5.69 Å². The zero-order chi connectivity index (χ0) is 12.4. The van der Waals surface area contributed by atoms with Gasteiger partial charge in [-0.25, -0.2) is 13.2 Å². The van der Waals surface area contributed by atoms with Crippen LogP contribution in [-0.4, -0.2) is 16.8 Å². The van der Waals surface area contributed by atoms with Crippen molar-refractivity contribution in [3.05, 3.63) is 47.5 Å². The van der Waals surface area contributed by atoms with Crippen LogP contribution in [-0.2, 0) is 6.54 Å². The Morgan fingerprint density at radius 3 is 2.41 bits per heavy atom. The maximum absolute atomic E-state index is 13.3. The summed E-state index contributed by atoms with van der Waals surface area (Å²) >= 11 is 0. The molecule has 0 fully saturated rings. The minimum atomic E-state index is -0.930. The van der Waals surface area contributed by atoms with Crippen molar-refractivity contribution in [1.29, 1.82) is 0 Å². The van der Waals surface area contributed by atoms with Crippen LogP contribution in [0.1, 0.15) is 5.56 Å². The molecule has 90 valence electrons. The number of aromatic nitrogens is 2. The number of hydrogen-bond acceptors (Lipinski definition) is 2. The van der Waals surface area contributed by atoms with Gasteiger partial charge in [-0.2, -0.15) is 5.10 Å². The van der Waals surface area contributed by atoms with Crippen molar-refractivity contribution in [3.8, 4) is 0 Å². The number of benzene rings is 1. The first-order valence-corrected chi connectivity index (χ1v) is 4.94. The molecule has 0 aliphatic heterocycles. The molecule has 2 aromatic rings. The number of halogens is 3. The van der Waals surface area contributed by atoms with Gasteiger partial charge in [0.1, 0.15) is 17.5 Å². The summed E-state index contributed by atoms with van der Waals surface area (Å²) in [7, 11) is 1.71. The first kappa shape index (κ1) is 11.5. The lowest BCUT2D eigenvalue weighted by Gasteiger charge is -2.05. The second kappa shape index (κ2) is 4.48. The van der Waals surface area contributed by atoms with Gasteiger partial charge in [-0.1, -0.05) is 0 Å². The van der Waals surface area contributed by atoms with E-state index in [9.17, 15) is 13.2 Å². The van der Waals surface area contributed by atoms with Crippen LogP contribution in [0.5, 0.6) is 0 Å². The summed E-state index contributed by atoms with van der Waals surface area (Å²) < 4.78 is 40.8. The average molecular weight is 241 g/mol. The fourth-order valence-corrected chi connectivity index (χ4v) is 1.46. The molecule has 17 heavy (non-hydrogen) atoms. The number of nitrogens with one attached hydrogen (secondary N) is 1. The molecule has 1 heterocycles. The molecular formula is C11H10F3N3. The topological polar surface area (TPSA) is 29.9 Å². The standard InChI is InChI=1S/C11H10F3N3/c1-15-8-4-16-17(5-8)6-9-10(13)2-7(12)3-11(9)14/h2-5,15H,6H2,1H3. The molecule has 0 atom stereocenters. The maximum Gasteiger partial charge on any atom is 0.134 e. The second-order valence-electron chi connectivity index (χ2n) is 3.52. The Kier molecular flexibility index (Phi) is 3.03. The summed E-state index contributed by atoms with van der Waals surface area (Å²) in [5.74, 6) is -2.76. The lowest BCUT2D eigenvalue weighted by Crippen LogP contribution is -2.05. The van der Waals surface area contributed by atoms with Crippen LogP contribution in [0.25, 0.3) is 0 Å². The molecule has 0 bridgehead atoms. The van der Waals surface area contributed by atoms with E-state index in [4.69, 9.17) is 0 Å². The lowest BCUT2D eigenvalue weighted by molar-refractivity contribution is 0.508. The molecule has 0 aliphatic carbocycles. The van der Waals surface area contributed by atoms with Gasteiger partial charge >= 0.3 is 0 Å². The van der Waals surface area contributed by atoms with Crippen molar-refractivity contribution in [1.82, 2.24) is 9.78 Å². The van der Waals surface area contributed by atoms with E-state index in [1.165, 1.54) is 10.9 Å². The molecular weight excluding hydrogens is 231 g/mol. The van der Waals surface area contributed by atoms with E-state index < -0.39 is 17.5 Å². The van der Waals surface area contributed by atoms with Crippen molar-refractivity contribution in [3.63, 3.8) is 0 Å². The highest BCUT2D eigenvalue weighted by Crippen LogP contribution is 2.16. The SMILES string of the molecule is CNc1cnn(Cc2c(F)cc(F)cc2F)c1. The van der Waals surface area contributed by atoms with Crippen LogP contribution >= 0.6 is 0 Å². The molecule has 2 rings (SSSR count). The Morgan fingerprint density at radius 1 is 1.24 bits per heavy atom. The van der Waals surface area contributed by atoms with E-state index in [1.54, 1.807) is 13.2 Å². The predicted octanol–water partition coefficient (Wildman–Crippen LogP) is 2.39. The minimum absolute atomic E-state index is 0.0837. The Bertz CT molecular complexity index is 514. The number of hydrogen-bond donors (Lipinski definition) is 1. The molecule has 0 spiro atoms. The van der Waals surface area contributed by atoms with Crippen LogP contribution in [0.3, 0.4) is 0 Å². The summed E-state index contributed by atoms with van der Waals surface area (Å²) in [6, 6.07) is 1.31. The molecule has 0 unspecified atom stereocenters. The van der Waals surface area contributed by atoms with Gasteiger partial charge in [0.05, 0.1) is 18.4 Å². The van der Waals surface area contributed by atoms with Crippen LogP contribution in [0.4, 0.5) is 18.9 Å². The largest absolute Gasteiger partial charge is 0.386 e. The van der Waals surface area contributed by atoms with E-state index in [1.807, 2.05) is 0 Å². The van der Waals surface area contributed by atoms with E-state index in [0.29, 0.717) is 12.1 Å². The Morgan fingerprint density at radius 2 is 1.88 bits per heavy atom. The Labute approximate surface area is 95.9 Å². The van der Waals surface area contributed by atoms with Crippen molar-refractivity contribution in [2.45, 2.75) is 6.54 Å². The molecule has 0 radical (unpaired) electrons. The second-order valence-corrected chi connectivity index (χ2v) is 3.52. The van der Waals surface area contributed by atoms with E-state index >= 15 is 0 Å². The first-order valence-electron chi connectivity index (χ1n) is 4.94. The minimum Gasteiger partial charge on any atom is -0.386 e. The summed E-state index contributed by atoms with van der Waals surface area (Å²) in [6.45, 7) is -0.0837. The van der Waals surface area contributed by atoms with Gasteiger partial charge in [0, 0.05) is 30.9 Å². The monoisotopic (exact) mass is 241 g/mol. The summed E-state index contributed by atoms with van der Waals surface area (Å²) in [5, 5.41) is 6.75. The zero-order valence-corrected chi connectivity index (χ0v) is 9.04. The number of rotatable bonds is 3.